The number of rotatable bonds is 6. The Labute approximate surface area is 112 Å². The van der Waals surface area contributed by atoms with E-state index < -0.39 is 16.9 Å². The lowest BCUT2D eigenvalue weighted by Gasteiger charge is -2.30. The van der Waals surface area contributed by atoms with Crippen LogP contribution in [0.5, 0.6) is 0 Å². The summed E-state index contributed by atoms with van der Waals surface area (Å²) in [7, 11) is 0. The number of hydrogen-bond donors (Lipinski definition) is 1. The summed E-state index contributed by atoms with van der Waals surface area (Å²) in [5.74, 6) is -0.632. The largest absolute Gasteiger partial charge is 0.465 e. The van der Waals surface area contributed by atoms with Crippen LogP contribution in [0.2, 0.25) is 0 Å². The number of ether oxygens (including phenoxy) is 1. The van der Waals surface area contributed by atoms with Gasteiger partial charge in [-0.1, -0.05) is 36.4 Å². The maximum Gasteiger partial charge on any atom is 0.327 e. The van der Waals surface area contributed by atoms with Crippen molar-refractivity contribution >= 4 is 17.6 Å². The van der Waals surface area contributed by atoms with Gasteiger partial charge in [-0.3, -0.25) is 4.79 Å². The van der Waals surface area contributed by atoms with Gasteiger partial charge in [0, 0.05) is 6.42 Å². The van der Waals surface area contributed by atoms with Gasteiger partial charge in [0.05, 0.1) is 6.61 Å². The van der Waals surface area contributed by atoms with E-state index in [2.05, 4.69) is 6.58 Å². The first-order valence-electron chi connectivity index (χ1n) is 5.75. The fourth-order valence-electron chi connectivity index (χ4n) is 1.72. The van der Waals surface area contributed by atoms with E-state index in [0.29, 0.717) is 5.56 Å². The molecule has 0 fully saturated rings. The molecule has 0 aliphatic carbocycles. The van der Waals surface area contributed by atoms with Gasteiger partial charge in [-0.05, 0) is 12.5 Å². The number of alkyl halides is 1. The zero-order chi connectivity index (χ0) is 13.6. The predicted molar refractivity (Wildman–Crippen MR) is 71.4 cm³/mol. The zero-order valence-corrected chi connectivity index (χ0v) is 11.1. The van der Waals surface area contributed by atoms with E-state index in [0.717, 1.165) is 0 Å². The number of carbonyl (C=O) groups excluding carboxylic acids is 1. The van der Waals surface area contributed by atoms with Crippen molar-refractivity contribution in [3.8, 4) is 0 Å². The predicted octanol–water partition coefficient (Wildman–Crippen LogP) is 2.62. The number of hydrogen-bond acceptors (Lipinski definition) is 3. The first-order chi connectivity index (χ1) is 8.56. The van der Waals surface area contributed by atoms with E-state index in [-0.39, 0.29) is 13.0 Å². The summed E-state index contributed by atoms with van der Waals surface area (Å²) >= 11 is 6.06. The minimum Gasteiger partial charge on any atom is -0.465 e. The van der Waals surface area contributed by atoms with Gasteiger partial charge in [0.2, 0.25) is 0 Å². The van der Waals surface area contributed by atoms with Gasteiger partial charge in [0.25, 0.3) is 0 Å². The zero-order valence-electron chi connectivity index (χ0n) is 10.3. The van der Waals surface area contributed by atoms with Gasteiger partial charge in [-0.15, -0.1) is 18.2 Å². The average Bonchev–Trinajstić information content (AvgIpc) is 2.39. The molecule has 0 radical (unpaired) electrons. The second kappa shape index (κ2) is 6.57. The lowest BCUT2D eigenvalue weighted by atomic mass is 9.87. The molecule has 2 unspecified atom stereocenters. The second-order valence-corrected chi connectivity index (χ2v) is 4.33. The lowest BCUT2D eigenvalue weighted by Crippen LogP contribution is -2.41. The average molecular weight is 269 g/mol. The van der Waals surface area contributed by atoms with Crippen LogP contribution in [0.15, 0.2) is 43.0 Å². The molecule has 4 heteroatoms. The fraction of sp³-hybridized carbons (Fsp3) is 0.357. The van der Waals surface area contributed by atoms with Crippen molar-refractivity contribution in [3.05, 3.63) is 48.6 Å². The molecular formula is C14H17ClO3. The molecule has 1 N–H and O–H groups in total. The van der Waals surface area contributed by atoms with Gasteiger partial charge < -0.3 is 9.84 Å². The molecule has 0 saturated heterocycles. The van der Waals surface area contributed by atoms with E-state index >= 15 is 0 Å². The van der Waals surface area contributed by atoms with Crippen LogP contribution < -0.4 is 0 Å². The van der Waals surface area contributed by atoms with Crippen LogP contribution >= 0.6 is 11.6 Å². The molecule has 0 aliphatic rings. The number of esters is 1. The van der Waals surface area contributed by atoms with E-state index in [1.165, 1.54) is 6.08 Å². The topological polar surface area (TPSA) is 46.5 Å². The maximum absolute atomic E-state index is 11.7. The molecule has 3 nitrogen and oxygen atoms in total. The van der Waals surface area contributed by atoms with Crippen LogP contribution in [-0.4, -0.2) is 23.1 Å². The van der Waals surface area contributed by atoms with E-state index in [9.17, 15) is 9.90 Å². The molecule has 0 aliphatic heterocycles. The van der Waals surface area contributed by atoms with E-state index in [1.807, 2.05) is 6.07 Å². The molecule has 0 spiro atoms. The SMILES string of the molecule is C=CCC(O)(c1ccccc1)C(Cl)C(=O)OCC. The molecular weight excluding hydrogens is 252 g/mol. The minimum absolute atomic E-state index is 0.171. The van der Waals surface area contributed by atoms with Crippen LogP contribution in [0.25, 0.3) is 0 Å². The van der Waals surface area contributed by atoms with Gasteiger partial charge in [0.15, 0.2) is 5.38 Å². The highest BCUT2D eigenvalue weighted by Crippen LogP contribution is 2.33. The molecule has 2 atom stereocenters. The van der Waals surface area contributed by atoms with Crippen LogP contribution in [0.1, 0.15) is 18.9 Å². The van der Waals surface area contributed by atoms with Gasteiger partial charge in [-0.2, -0.15) is 0 Å². The smallest absolute Gasteiger partial charge is 0.327 e. The van der Waals surface area contributed by atoms with Gasteiger partial charge >= 0.3 is 5.97 Å². The van der Waals surface area contributed by atoms with Gasteiger partial charge in [-0.25, -0.2) is 0 Å². The van der Waals surface area contributed by atoms with E-state index in [4.69, 9.17) is 16.3 Å². The Morgan fingerprint density at radius 3 is 2.67 bits per heavy atom. The third-order valence-electron chi connectivity index (χ3n) is 2.64. The first kappa shape index (κ1) is 14.7. The third kappa shape index (κ3) is 3.12. The monoisotopic (exact) mass is 268 g/mol. The summed E-state index contributed by atoms with van der Waals surface area (Å²) in [4.78, 5) is 11.7. The fourth-order valence-corrected chi connectivity index (χ4v) is 2.00. The number of benzene rings is 1. The Morgan fingerprint density at radius 2 is 2.17 bits per heavy atom. The summed E-state index contributed by atoms with van der Waals surface area (Å²) in [5, 5.41) is 9.48. The molecule has 1 aromatic carbocycles. The standard InChI is InChI=1S/C14H17ClO3/c1-3-10-14(17,11-8-6-5-7-9-11)12(15)13(16)18-4-2/h3,5-9,12,17H,1,4,10H2,2H3. The molecule has 0 saturated carbocycles. The Balaban J connectivity index is 3.07. The van der Waals surface area contributed by atoms with Crippen molar-refractivity contribution in [1.29, 1.82) is 0 Å². The molecule has 98 valence electrons. The Bertz CT molecular complexity index is 405. The van der Waals surface area contributed by atoms with Crippen LogP contribution in [0.4, 0.5) is 0 Å². The van der Waals surface area contributed by atoms with Crippen molar-refractivity contribution in [2.45, 2.75) is 24.3 Å². The Hall–Kier alpha value is -1.32. The molecule has 18 heavy (non-hydrogen) atoms. The maximum atomic E-state index is 11.7. The van der Waals surface area contributed by atoms with E-state index in [1.54, 1.807) is 31.2 Å². The van der Waals surface area contributed by atoms with Crippen LogP contribution in [0, 0.1) is 0 Å². The summed E-state index contributed by atoms with van der Waals surface area (Å²) in [6.45, 7) is 5.50. The highest BCUT2D eigenvalue weighted by molar-refractivity contribution is 6.30. The molecule has 0 heterocycles. The van der Waals surface area contributed by atoms with Crippen molar-refractivity contribution < 1.29 is 14.6 Å². The summed E-state index contributed by atoms with van der Waals surface area (Å²) in [6, 6.07) is 8.82. The summed E-state index contributed by atoms with van der Waals surface area (Å²) in [5.41, 5.74) is -0.936. The molecule has 1 rings (SSSR count). The van der Waals surface area contributed by atoms with Crippen LogP contribution in [-0.2, 0) is 15.1 Å². The highest BCUT2D eigenvalue weighted by Gasteiger charge is 2.41. The lowest BCUT2D eigenvalue weighted by molar-refractivity contribution is -0.148. The van der Waals surface area contributed by atoms with Crippen molar-refractivity contribution in [3.63, 3.8) is 0 Å². The van der Waals surface area contributed by atoms with Crippen molar-refractivity contribution in [2.75, 3.05) is 6.61 Å². The minimum atomic E-state index is -1.50. The summed E-state index contributed by atoms with van der Waals surface area (Å²) in [6.07, 6.45) is 1.70. The van der Waals surface area contributed by atoms with Crippen LogP contribution in [0.3, 0.4) is 0 Å². The number of aliphatic hydroxyl groups is 1. The highest BCUT2D eigenvalue weighted by atomic mass is 35.5. The van der Waals surface area contributed by atoms with Crippen molar-refractivity contribution in [2.24, 2.45) is 0 Å². The van der Waals surface area contributed by atoms with Crippen molar-refractivity contribution in [1.82, 2.24) is 0 Å². The first-order valence-corrected chi connectivity index (χ1v) is 6.19. The normalized spacial score (nSPS) is 15.5. The second-order valence-electron chi connectivity index (χ2n) is 3.90. The number of carbonyl (C=O) groups is 1. The Kier molecular flexibility index (Phi) is 5.38. The molecule has 0 bridgehead atoms. The molecule has 0 aromatic heterocycles. The summed E-state index contributed by atoms with van der Waals surface area (Å²) < 4.78 is 4.85. The molecule has 0 amide bonds. The molecule has 1 aromatic rings. The number of halogens is 1. The quantitative estimate of drug-likeness (QED) is 0.490. The third-order valence-corrected chi connectivity index (χ3v) is 3.18. The Morgan fingerprint density at radius 1 is 1.56 bits per heavy atom. The van der Waals surface area contributed by atoms with Gasteiger partial charge in [0.1, 0.15) is 5.60 Å².